The van der Waals surface area contributed by atoms with E-state index in [0.717, 1.165) is 0 Å². The maximum atomic E-state index is 8.55. The van der Waals surface area contributed by atoms with Gasteiger partial charge in [-0.15, -0.1) is 0 Å². The van der Waals surface area contributed by atoms with Gasteiger partial charge in [0, 0.05) is 0 Å². The van der Waals surface area contributed by atoms with Crippen LogP contribution in [0.25, 0.3) is 0 Å². The Morgan fingerprint density at radius 1 is 1.12 bits per heavy atom. The van der Waals surface area contributed by atoms with E-state index in [1.165, 1.54) is 0 Å². The Morgan fingerprint density at radius 2 is 1.12 bits per heavy atom. The Labute approximate surface area is 102 Å². The molecule has 0 spiro atoms. The average Bonchev–Trinajstić information content (AvgIpc) is 0.722. The zero-order valence-electron chi connectivity index (χ0n) is 4.16. The minimum atomic E-state index is -5.39. The number of rotatable bonds is 0. The molecule has 0 N–H and O–H groups in total. The van der Waals surface area contributed by atoms with Crippen LogP contribution in [-0.2, 0) is 26.3 Å². The van der Waals surface area contributed by atoms with Crippen LogP contribution in [0, 0.1) is 35.6 Å². The van der Waals surface area contributed by atoms with E-state index in [-0.39, 0.29) is 76.2 Å². The summed E-state index contributed by atoms with van der Waals surface area (Å²) in [6.45, 7) is 0. The fourth-order valence-corrected chi connectivity index (χ4v) is 0. The molecule has 0 atom stereocenters. The van der Waals surface area contributed by atoms with Gasteiger partial charge in [0.05, 0.1) is 0 Å². The maximum absolute atomic E-state index is 8.55. The molecule has 0 saturated carbocycles. The molecule has 0 amide bonds. The topological polar surface area (TPSA) is 86.2 Å². The molecule has 0 fully saturated rings. The molecule has 0 aromatic heterocycles. The molecule has 0 rings (SSSR count). The molecule has 8 heavy (non-hydrogen) atoms. The zero-order chi connectivity index (χ0) is 4.50. The summed E-state index contributed by atoms with van der Waals surface area (Å²) in [6, 6.07) is 0. The summed E-state index contributed by atoms with van der Waals surface area (Å²) in [5, 5.41) is 0. The maximum Gasteiger partial charge on any atom is 4.00 e. The SMILES string of the molecule is O=P([O-])([O-])[O-].[La+3].[Li+].[Ti+4]. The van der Waals surface area contributed by atoms with Crippen molar-refractivity contribution in [2.24, 2.45) is 0 Å². The summed E-state index contributed by atoms with van der Waals surface area (Å²) in [4.78, 5) is 25.6. The van der Waals surface area contributed by atoms with Crippen molar-refractivity contribution in [3.8, 4) is 0 Å². The van der Waals surface area contributed by atoms with Crippen LogP contribution in [0.5, 0.6) is 0 Å². The van der Waals surface area contributed by atoms with Crippen molar-refractivity contribution in [1.29, 1.82) is 0 Å². The largest absolute Gasteiger partial charge is 4.00 e. The third-order valence-electron chi connectivity index (χ3n) is 0. The van der Waals surface area contributed by atoms with Gasteiger partial charge in [0.2, 0.25) is 0 Å². The van der Waals surface area contributed by atoms with E-state index in [2.05, 4.69) is 0 Å². The van der Waals surface area contributed by atoms with E-state index in [4.69, 9.17) is 19.2 Å². The van der Waals surface area contributed by atoms with Crippen molar-refractivity contribution in [1.82, 2.24) is 0 Å². The van der Waals surface area contributed by atoms with Gasteiger partial charge in [-0.05, 0) is 0 Å². The minimum Gasteiger partial charge on any atom is -0.822 e. The number of hydrogen-bond donors (Lipinski definition) is 0. The Bertz CT molecular complexity index is 62.2. The van der Waals surface area contributed by atoms with Crippen LogP contribution in [0.3, 0.4) is 0 Å². The van der Waals surface area contributed by atoms with Crippen LogP contribution in [0.1, 0.15) is 0 Å². The molecule has 0 aromatic carbocycles. The standard InChI is InChI=1S/La.Li.H3O4P.Ti/c;;1-5(2,3)4;/h;;(H3,1,2,3,4);/q+3;+1;;+4/p-3. The second kappa shape index (κ2) is 9.62. The molecular weight excluding hydrogens is 289 g/mol. The molecule has 4 nitrogen and oxygen atoms in total. The third kappa shape index (κ3) is 73.0. The van der Waals surface area contributed by atoms with Gasteiger partial charge in [0.15, 0.2) is 0 Å². The second-order valence-corrected chi connectivity index (χ2v) is 1.34. The fraction of sp³-hybridized carbons (Fsp3) is 0. The zero-order valence-corrected chi connectivity index (χ0v) is 10.2. The van der Waals surface area contributed by atoms with E-state index >= 15 is 0 Å². The van der Waals surface area contributed by atoms with Crippen molar-refractivity contribution in [2.75, 3.05) is 0 Å². The van der Waals surface area contributed by atoms with Crippen molar-refractivity contribution < 1.29 is 95.4 Å². The quantitative estimate of drug-likeness (QED) is 0.328. The Morgan fingerprint density at radius 3 is 1.12 bits per heavy atom. The fourth-order valence-electron chi connectivity index (χ4n) is 0. The first-order valence-electron chi connectivity index (χ1n) is 0.730. The molecule has 0 aliphatic heterocycles. The summed E-state index contributed by atoms with van der Waals surface area (Å²) in [7, 11) is -5.39. The Kier molecular flexibility index (Phi) is 27.0. The number of phosphoric acid groups is 1. The summed E-state index contributed by atoms with van der Waals surface area (Å²) >= 11 is 0. The Balaban J connectivity index is -0.0000000267. The van der Waals surface area contributed by atoms with Crippen LogP contribution in [0.2, 0.25) is 0 Å². The second-order valence-electron chi connectivity index (χ2n) is 0.447. The molecule has 0 radical (unpaired) electrons. The van der Waals surface area contributed by atoms with Crippen LogP contribution >= 0.6 is 7.82 Å². The normalized spacial score (nSPS) is 7.38. The summed E-state index contributed by atoms with van der Waals surface area (Å²) in [5.41, 5.74) is 0. The van der Waals surface area contributed by atoms with Gasteiger partial charge in [-0.2, -0.15) is 7.82 Å². The summed E-state index contributed by atoms with van der Waals surface area (Å²) in [5.74, 6) is 0. The molecule has 0 saturated heterocycles. The molecule has 0 bridgehead atoms. The molecule has 0 aliphatic carbocycles. The first-order chi connectivity index (χ1) is 2.00. The predicted molar refractivity (Wildman–Crippen MR) is 7.61 cm³/mol. The summed E-state index contributed by atoms with van der Waals surface area (Å²) in [6.07, 6.45) is 0. The molecular formula is LaLiO4PTi+5. The number of hydrogen-bond acceptors (Lipinski definition) is 4. The first kappa shape index (κ1) is 22.4. The van der Waals surface area contributed by atoms with Crippen molar-refractivity contribution in [3.05, 3.63) is 0 Å². The summed E-state index contributed by atoms with van der Waals surface area (Å²) < 4.78 is 8.55. The predicted octanol–water partition coefficient (Wildman–Crippen LogP) is -5.82. The Hall–Kier alpha value is 2.62. The molecule has 32 valence electrons. The van der Waals surface area contributed by atoms with Gasteiger partial charge in [0.1, 0.15) is 0 Å². The molecule has 0 aliphatic rings. The van der Waals surface area contributed by atoms with E-state index in [9.17, 15) is 0 Å². The molecule has 8 heteroatoms. The first-order valence-corrected chi connectivity index (χ1v) is 2.19. The van der Waals surface area contributed by atoms with Crippen molar-refractivity contribution >= 4 is 7.82 Å². The smallest absolute Gasteiger partial charge is 0.822 e. The van der Waals surface area contributed by atoms with E-state index in [0.29, 0.717) is 0 Å². The molecule has 0 aromatic rings. The van der Waals surface area contributed by atoms with E-state index < -0.39 is 7.82 Å². The van der Waals surface area contributed by atoms with Crippen LogP contribution in [-0.4, -0.2) is 0 Å². The molecule has 0 unspecified atom stereocenters. The molecule has 0 heterocycles. The van der Waals surface area contributed by atoms with Crippen LogP contribution in [0.4, 0.5) is 0 Å². The van der Waals surface area contributed by atoms with Gasteiger partial charge in [-0.1, -0.05) is 0 Å². The monoisotopic (exact) mass is 289 g/mol. The van der Waals surface area contributed by atoms with Gasteiger partial charge >= 0.3 is 76.2 Å². The van der Waals surface area contributed by atoms with Crippen LogP contribution < -0.4 is 33.5 Å². The average molecular weight is 289 g/mol. The van der Waals surface area contributed by atoms with Gasteiger partial charge in [0.25, 0.3) is 0 Å². The van der Waals surface area contributed by atoms with Crippen LogP contribution in [0.15, 0.2) is 0 Å². The van der Waals surface area contributed by atoms with Gasteiger partial charge in [-0.3, -0.25) is 0 Å². The van der Waals surface area contributed by atoms with Crippen molar-refractivity contribution in [3.63, 3.8) is 0 Å². The third-order valence-corrected chi connectivity index (χ3v) is 0. The van der Waals surface area contributed by atoms with Gasteiger partial charge < -0.3 is 19.2 Å². The van der Waals surface area contributed by atoms with E-state index in [1.807, 2.05) is 0 Å². The van der Waals surface area contributed by atoms with Crippen molar-refractivity contribution in [2.45, 2.75) is 0 Å². The van der Waals surface area contributed by atoms with Gasteiger partial charge in [-0.25, -0.2) is 0 Å². The minimum absolute atomic E-state index is 0. The van der Waals surface area contributed by atoms with E-state index in [1.54, 1.807) is 0 Å².